The van der Waals surface area contributed by atoms with Crippen LogP contribution in [0.25, 0.3) is 49.7 Å². The first-order valence-electron chi connectivity index (χ1n) is 24.0. The van der Waals surface area contributed by atoms with Crippen LogP contribution >= 0.6 is 0 Å². The maximum absolute atomic E-state index is 2.53. The highest BCUT2D eigenvalue weighted by Crippen LogP contribution is 2.58. The van der Waals surface area contributed by atoms with E-state index in [1.165, 1.54) is 121 Å². The van der Waals surface area contributed by atoms with Crippen molar-refractivity contribution in [3.63, 3.8) is 0 Å². The summed E-state index contributed by atoms with van der Waals surface area (Å²) in [4.78, 5) is 2.53. The Kier molecular flexibility index (Phi) is 8.90. The summed E-state index contributed by atoms with van der Waals surface area (Å²) < 4.78 is 2.50. The SMILES string of the molecule is CC1(C)c2ccccc2-c2ccc(N(c3ccc4c(c3)C(c3ccccc3)(c3ccccc3)c3ccccc3-4)c3ccc4c(c3)c3ccc(C5CCCCC5)cc3n4-c3ccccc3)cc21. The molecular formula is C64H52N2. The lowest BCUT2D eigenvalue weighted by Gasteiger charge is -2.35. The van der Waals surface area contributed by atoms with Crippen LogP contribution in [-0.4, -0.2) is 4.57 Å². The summed E-state index contributed by atoms with van der Waals surface area (Å²) in [6.45, 7) is 4.77. The van der Waals surface area contributed by atoms with E-state index in [4.69, 9.17) is 0 Å². The van der Waals surface area contributed by atoms with Crippen molar-refractivity contribution in [3.8, 4) is 27.9 Å². The van der Waals surface area contributed by atoms with Crippen LogP contribution in [-0.2, 0) is 10.8 Å². The Morgan fingerprint density at radius 3 is 1.62 bits per heavy atom. The van der Waals surface area contributed by atoms with Crippen molar-refractivity contribution in [1.82, 2.24) is 4.57 Å². The van der Waals surface area contributed by atoms with Crippen molar-refractivity contribution < 1.29 is 0 Å². The van der Waals surface area contributed by atoms with Gasteiger partial charge in [0.2, 0.25) is 0 Å². The number of aromatic nitrogens is 1. The molecule has 13 rings (SSSR count). The van der Waals surface area contributed by atoms with Crippen LogP contribution in [0.4, 0.5) is 17.1 Å². The molecule has 3 aliphatic carbocycles. The van der Waals surface area contributed by atoms with Crippen LogP contribution in [0.1, 0.15) is 90.8 Å². The normalized spacial score (nSPS) is 15.6. The zero-order valence-corrected chi connectivity index (χ0v) is 37.7. The zero-order chi connectivity index (χ0) is 44.0. The fourth-order valence-electron chi connectivity index (χ4n) is 12.6. The topological polar surface area (TPSA) is 8.17 Å². The van der Waals surface area contributed by atoms with E-state index in [2.05, 4.69) is 236 Å². The van der Waals surface area contributed by atoms with Gasteiger partial charge in [-0.3, -0.25) is 0 Å². The second-order valence-electron chi connectivity index (χ2n) is 19.5. The first kappa shape index (κ1) is 39.0. The second kappa shape index (κ2) is 15.1. The average Bonchev–Trinajstić information content (AvgIpc) is 3.95. The van der Waals surface area contributed by atoms with Crippen molar-refractivity contribution >= 4 is 38.9 Å². The van der Waals surface area contributed by atoms with Gasteiger partial charge in [0.25, 0.3) is 0 Å². The highest BCUT2D eigenvalue weighted by molar-refractivity contribution is 6.11. The predicted molar refractivity (Wildman–Crippen MR) is 276 cm³/mol. The molecule has 2 nitrogen and oxygen atoms in total. The van der Waals surface area contributed by atoms with Crippen LogP contribution in [0.2, 0.25) is 0 Å². The first-order valence-corrected chi connectivity index (χ1v) is 24.0. The molecule has 0 N–H and O–H groups in total. The smallest absolute Gasteiger partial charge is 0.0714 e. The second-order valence-corrected chi connectivity index (χ2v) is 19.5. The van der Waals surface area contributed by atoms with Crippen molar-refractivity contribution in [2.45, 2.75) is 62.7 Å². The Bertz CT molecular complexity index is 3440. The predicted octanol–water partition coefficient (Wildman–Crippen LogP) is 17.0. The number of hydrogen-bond acceptors (Lipinski definition) is 1. The summed E-state index contributed by atoms with van der Waals surface area (Å²) in [7, 11) is 0. The molecule has 9 aromatic carbocycles. The van der Waals surface area contributed by atoms with Gasteiger partial charge in [-0.15, -0.1) is 0 Å². The monoisotopic (exact) mass is 848 g/mol. The largest absolute Gasteiger partial charge is 0.310 e. The summed E-state index contributed by atoms with van der Waals surface area (Å²) in [6, 6.07) is 80.4. The third-order valence-corrected chi connectivity index (χ3v) is 15.6. The fraction of sp³-hybridized carbons (Fsp3) is 0.156. The van der Waals surface area contributed by atoms with Crippen LogP contribution in [0, 0.1) is 0 Å². The maximum atomic E-state index is 2.53. The molecular weight excluding hydrogens is 797 g/mol. The van der Waals surface area contributed by atoms with Gasteiger partial charge in [-0.05, 0) is 141 Å². The van der Waals surface area contributed by atoms with Crippen molar-refractivity contribution in [3.05, 3.63) is 251 Å². The standard InChI is InChI=1S/C64H52N2/c1-63(2)57-29-17-15-27-51(57)53-36-32-49(41-59(53)63)65(48-34-38-61-56(40-48)55-35-31-44(43-19-7-3-8-20-43)39-62(55)66(61)47-25-13-6-14-26-47)50-33-37-54-52-28-16-18-30-58(52)64(60(54)42-50,45-21-9-4-10-22-45)46-23-11-5-12-24-46/h4-6,9-18,21-43H,3,7-8,19-20H2,1-2H3. The highest BCUT2D eigenvalue weighted by atomic mass is 15.1. The molecule has 3 aliphatic rings. The molecule has 0 spiro atoms. The van der Waals surface area contributed by atoms with Gasteiger partial charge in [-0.1, -0.05) is 185 Å². The summed E-state index contributed by atoms with van der Waals surface area (Å²) in [5.41, 5.74) is 21.1. The molecule has 0 saturated heterocycles. The van der Waals surface area contributed by atoms with E-state index >= 15 is 0 Å². The quantitative estimate of drug-likeness (QED) is 0.155. The van der Waals surface area contributed by atoms with E-state index < -0.39 is 5.41 Å². The molecule has 0 radical (unpaired) electrons. The number of rotatable bonds is 7. The molecule has 10 aromatic rings. The van der Waals surface area contributed by atoms with E-state index in [1.807, 2.05) is 0 Å². The Hall–Kier alpha value is -7.42. The van der Waals surface area contributed by atoms with E-state index in [9.17, 15) is 0 Å². The number of nitrogens with zero attached hydrogens (tertiary/aromatic N) is 2. The van der Waals surface area contributed by atoms with Crippen LogP contribution in [0.3, 0.4) is 0 Å². The third kappa shape index (κ3) is 5.73. The summed E-state index contributed by atoms with van der Waals surface area (Å²) in [5.74, 6) is 0.622. The molecule has 0 aliphatic heterocycles. The van der Waals surface area contributed by atoms with Crippen LogP contribution in [0.5, 0.6) is 0 Å². The van der Waals surface area contributed by atoms with Gasteiger partial charge in [0.15, 0.2) is 0 Å². The van der Waals surface area contributed by atoms with E-state index in [0.29, 0.717) is 5.92 Å². The molecule has 0 atom stereocenters. The van der Waals surface area contributed by atoms with Gasteiger partial charge in [-0.25, -0.2) is 0 Å². The Morgan fingerprint density at radius 1 is 0.409 bits per heavy atom. The minimum Gasteiger partial charge on any atom is -0.310 e. The molecule has 66 heavy (non-hydrogen) atoms. The maximum Gasteiger partial charge on any atom is 0.0714 e. The minimum atomic E-state index is -0.513. The molecule has 318 valence electrons. The molecule has 1 saturated carbocycles. The third-order valence-electron chi connectivity index (χ3n) is 15.6. The van der Waals surface area contributed by atoms with Gasteiger partial charge in [0.05, 0.1) is 16.4 Å². The molecule has 0 bridgehead atoms. The Morgan fingerprint density at radius 2 is 0.939 bits per heavy atom. The van der Waals surface area contributed by atoms with Crippen LogP contribution in [0.15, 0.2) is 212 Å². The van der Waals surface area contributed by atoms with Crippen molar-refractivity contribution in [1.29, 1.82) is 0 Å². The summed E-state index contributed by atoms with van der Waals surface area (Å²) in [6.07, 6.45) is 6.55. The van der Waals surface area contributed by atoms with Gasteiger partial charge < -0.3 is 9.47 Å². The van der Waals surface area contributed by atoms with Gasteiger partial charge >= 0.3 is 0 Å². The molecule has 1 heterocycles. The first-order chi connectivity index (χ1) is 32.5. The number of hydrogen-bond donors (Lipinski definition) is 0. The Balaban J connectivity index is 1.07. The van der Waals surface area contributed by atoms with Crippen molar-refractivity contribution in [2.24, 2.45) is 0 Å². The minimum absolute atomic E-state index is 0.147. The van der Waals surface area contributed by atoms with Crippen molar-refractivity contribution in [2.75, 3.05) is 4.90 Å². The number of para-hydroxylation sites is 1. The lowest BCUT2D eigenvalue weighted by molar-refractivity contribution is 0.444. The molecule has 0 unspecified atom stereocenters. The number of fused-ring (bicyclic) bond motifs is 9. The van der Waals surface area contributed by atoms with E-state index in [-0.39, 0.29) is 5.41 Å². The summed E-state index contributed by atoms with van der Waals surface area (Å²) >= 11 is 0. The average molecular weight is 849 g/mol. The molecule has 1 aromatic heterocycles. The van der Waals surface area contributed by atoms with E-state index in [1.54, 1.807) is 0 Å². The molecule has 0 amide bonds. The highest BCUT2D eigenvalue weighted by Gasteiger charge is 2.46. The van der Waals surface area contributed by atoms with Gasteiger partial charge in [0.1, 0.15) is 0 Å². The Labute approximate surface area is 388 Å². The van der Waals surface area contributed by atoms with E-state index in [0.717, 1.165) is 17.1 Å². The number of anilines is 3. The lowest BCUT2D eigenvalue weighted by Crippen LogP contribution is -2.28. The van der Waals surface area contributed by atoms with Gasteiger partial charge in [0, 0.05) is 38.9 Å². The van der Waals surface area contributed by atoms with Crippen LogP contribution < -0.4 is 4.90 Å². The molecule has 1 fully saturated rings. The van der Waals surface area contributed by atoms with Gasteiger partial charge in [-0.2, -0.15) is 0 Å². The lowest BCUT2D eigenvalue weighted by atomic mass is 9.67. The zero-order valence-electron chi connectivity index (χ0n) is 37.7. The molecule has 2 heteroatoms. The summed E-state index contributed by atoms with van der Waals surface area (Å²) in [5, 5.41) is 2.55. The fourth-order valence-corrected chi connectivity index (χ4v) is 12.6. The number of benzene rings is 9.